The van der Waals surface area contributed by atoms with Crippen molar-refractivity contribution in [1.29, 1.82) is 0 Å². The van der Waals surface area contributed by atoms with Crippen molar-refractivity contribution in [1.82, 2.24) is 15.5 Å². The highest BCUT2D eigenvalue weighted by atomic mass is 19.4. The maximum absolute atomic E-state index is 12.0. The quantitative estimate of drug-likeness (QED) is 0.792. The fourth-order valence-electron chi connectivity index (χ4n) is 2.08. The number of carbonyl (C=O) groups excluding carboxylic acids is 1. The second kappa shape index (κ2) is 5.88. The first-order valence-corrected chi connectivity index (χ1v) is 6.04. The van der Waals surface area contributed by atoms with Crippen LogP contribution in [0.1, 0.15) is 20.8 Å². The van der Waals surface area contributed by atoms with Crippen LogP contribution in [-0.4, -0.2) is 54.7 Å². The lowest BCUT2D eigenvalue weighted by Crippen LogP contribution is -2.60. The SMILES string of the molecule is CC1CN(C(C)C(=O)NCC(F)(F)F)C(C)CN1. The number of alkyl halides is 3. The Kier molecular flexibility index (Phi) is 4.98. The molecule has 0 aliphatic carbocycles. The van der Waals surface area contributed by atoms with Gasteiger partial charge in [0.05, 0.1) is 6.04 Å². The summed E-state index contributed by atoms with van der Waals surface area (Å²) >= 11 is 0. The molecule has 0 spiro atoms. The smallest absolute Gasteiger partial charge is 0.346 e. The molecule has 1 aliphatic rings. The summed E-state index contributed by atoms with van der Waals surface area (Å²) in [5.74, 6) is -0.576. The molecule has 106 valence electrons. The van der Waals surface area contributed by atoms with Gasteiger partial charge in [0.2, 0.25) is 5.91 Å². The number of nitrogens with zero attached hydrogens (tertiary/aromatic N) is 1. The molecule has 0 radical (unpaired) electrons. The van der Waals surface area contributed by atoms with Crippen molar-refractivity contribution >= 4 is 5.91 Å². The third kappa shape index (κ3) is 4.45. The van der Waals surface area contributed by atoms with Gasteiger partial charge in [0.25, 0.3) is 0 Å². The third-order valence-electron chi connectivity index (χ3n) is 3.15. The number of carbonyl (C=O) groups is 1. The number of hydrogen-bond donors (Lipinski definition) is 2. The van der Waals surface area contributed by atoms with E-state index in [1.807, 2.05) is 24.1 Å². The summed E-state index contributed by atoms with van der Waals surface area (Å²) in [6, 6.07) is -0.182. The molecule has 3 unspecified atom stereocenters. The van der Waals surface area contributed by atoms with Crippen LogP contribution >= 0.6 is 0 Å². The summed E-state index contributed by atoms with van der Waals surface area (Å²) in [6.45, 7) is 5.69. The molecule has 18 heavy (non-hydrogen) atoms. The van der Waals surface area contributed by atoms with Crippen LogP contribution in [0.25, 0.3) is 0 Å². The Morgan fingerprint density at radius 1 is 1.50 bits per heavy atom. The van der Waals surface area contributed by atoms with Crippen LogP contribution in [0, 0.1) is 0 Å². The second-order valence-corrected chi connectivity index (χ2v) is 4.86. The number of hydrogen-bond acceptors (Lipinski definition) is 3. The molecule has 0 saturated carbocycles. The maximum Gasteiger partial charge on any atom is 0.405 e. The zero-order valence-corrected chi connectivity index (χ0v) is 10.8. The Labute approximate surface area is 105 Å². The van der Waals surface area contributed by atoms with Gasteiger partial charge < -0.3 is 10.6 Å². The summed E-state index contributed by atoms with van der Waals surface area (Å²) in [5, 5.41) is 5.19. The Morgan fingerprint density at radius 2 is 2.11 bits per heavy atom. The van der Waals surface area contributed by atoms with E-state index in [4.69, 9.17) is 0 Å². The van der Waals surface area contributed by atoms with E-state index >= 15 is 0 Å². The molecule has 1 fully saturated rings. The molecule has 1 saturated heterocycles. The number of halogens is 3. The largest absolute Gasteiger partial charge is 0.405 e. The Bertz CT molecular complexity index is 296. The van der Waals surface area contributed by atoms with E-state index in [0.29, 0.717) is 6.54 Å². The second-order valence-electron chi connectivity index (χ2n) is 4.86. The molecule has 0 aromatic carbocycles. The lowest BCUT2D eigenvalue weighted by atomic mass is 10.1. The number of amides is 1. The van der Waals surface area contributed by atoms with Crippen molar-refractivity contribution in [3.63, 3.8) is 0 Å². The molecule has 1 aliphatic heterocycles. The van der Waals surface area contributed by atoms with Gasteiger partial charge in [0.1, 0.15) is 6.54 Å². The van der Waals surface area contributed by atoms with Crippen LogP contribution in [-0.2, 0) is 4.79 Å². The first kappa shape index (κ1) is 15.2. The van der Waals surface area contributed by atoms with E-state index in [1.165, 1.54) is 0 Å². The van der Waals surface area contributed by atoms with E-state index in [1.54, 1.807) is 6.92 Å². The van der Waals surface area contributed by atoms with Crippen molar-refractivity contribution in [2.24, 2.45) is 0 Å². The molecule has 0 aromatic heterocycles. The van der Waals surface area contributed by atoms with Crippen LogP contribution in [0.5, 0.6) is 0 Å². The van der Waals surface area contributed by atoms with Gasteiger partial charge in [-0.25, -0.2) is 0 Å². The van der Waals surface area contributed by atoms with Crippen molar-refractivity contribution < 1.29 is 18.0 Å². The molecule has 3 atom stereocenters. The summed E-state index contributed by atoms with van der Waals surface area (Å²) in [5.41, 5.74) is 0. The fraction of sp³-hybridized carbons (Fsp3) is 0.909. The zero-order valence-electron chi connectivity index (χ0n) is 10.8. The zero-order chi connectivity index (χ0) is 13.9. The Balaban J connectivity index is 2.51. The molecule has 0 bridgehead atoms. The van der Waals surface area contributed by atoms with Gasteiger partial charge in [-0.05, 0) is 20.8 Å². The van der Waals surface area contributed by atoms with Crippen LogP contribution in [0.2, 0.25) is 0 Å². The van der Waals surface area contributed by atoms with E-state index in [2.05, 4.69) is 5.32 Å². The van der Waals surface area contributed by atoms with Gasteiger partial charge >= 0.3 is 6.18 Å². The molecular formula is C11H20F3N3O. The van der Waals surface area contributed by atoms with Crippen LogP contribution in [0.3, 0.4) is 0 Å². The lowest BCUT2D eigenvalue weighted by Gasteiger charge is -2.40. The van der Waals surface area contributed by atoms with E-state index in [-0.39, 0.29) is 12.1 Å². The molecule has 1 heterocycles. The van der Waals surface area contributed by atoms with Gasteiger partial charge in [-0.15, -0.1) is 0 Å². The van der Waals surface area contributed by atoms with Crippen LogP contribution < -0.4 is 10.6 Å². The standard InChI is InChI=1S/C11H20F3N3O/c1-7-5-17(8(2)4-15-7)9(3)10(18)16-6-11(12,13)14/h7-9,15H,4-6H2,1-3H3,(H,16,18). The van der Waals surface area contributed by atoms with Gasteiger partial charge in [0, 0.05) is 25.2 Å². The number of nitrogens with one attached hydrogen (secondary N) is 2. The van der Waals surface area contributed by atoms with E-state index in [0.717, 1.165) is 6.54 Å². The molecule has 4 nitrogen and oxygen atoms in total. The van der Waals surface area contributed by atoms with E-state index in [9.17, 15) is 18.0 Å². The van der Waals surface area contributed by atoms with Crippen molar-refractivity contribution in [3.8, 4) is 0 Å². The normalized spacial score (nSPS) is 27.9. The van der Waals surface area contributed by atoms with Gasteiger partial charge in [-0.1, -0.05) is 0 Å². The number of rotatable bonds is 3. The predicted molar refractivity (Wildman–Crippen MR) is 62.2 cm³/mol. The van der Waals surface area contributed by atoms with Crippen molar-refractivity contribution in [2.45, 2.75) is 45.1 Å². The Hall–Kier alpha value is -0.820. The fourth-order valence-corrected chi connectivity index (χ4v) is 2.08. The highest BCUT2D eigenvalue weighted by Crippen LogP contribution is 2.14. The summed E-state index contributed by atoms with van der Waals surface area (Å²) < 4.78 is 36.1. The molecular weight excluding hydrogens is 247 g/mol. The van der Waals surface area contributed by atoms with Crippen molar-refractivity contribution in [2.75, 3.05) is 19.6 Å². The molecule has 1 amide bonds. The number of piperazine rings is 1. The van der Waals surface area contributed by atoms with Gasteiger partial charge in [-0.3, -0.25) is 9.69 Å². The topological polar surface area (TPSA) is 44.4 Å². The molecule has 7 heteroatoms. The lowest BCUT2D eigenvalue weighted by molar-refractivity contribution is -0.142. The Morgan fingerprint density at radius 3 is 2.67 bits per heavy atom. The third-order valence-corrected chi connectivity index (χ3v) is 3.15. The molecule has 1 rings (SSSR count). The summed E-state index contributed by atoms with van der Waals surface area (Å²) in [6.07, 6.45) is -4.36. The molecule has 2 N–H and O–H groups in total. The highest BCUT2D eigenvalue weighted by Gasteiger charge is 2.33. The van der Waals surface area contributed by atoms with E-state index < -0.39 is 24.7 Å². The predicted octanol–water partition coefficient (Wildman–Crippen LogP) is 0.736. The van der Waals surface area contributed by atoms with Gasteiger partial charge in [-0.2, -0.15) is 13.2 Å². The summed E-state index contributed by atoms with van der Waals surface area (Å²) in [4.78, 5) is 13.6. The average molecular weight is 267 g/mol. The van der Waals surface area contributed by atoms with Crippen LogP contribution in [0.15, 0.2) is 0 Å². The van der Waals surface area contributed by atoms with Crippen molar-refractivity contribution in [3.05, 3.63) is 0 Å². The van der Waals surface area contributed by atoms with Crippen LogP contribution in [0.4, 0.5) is 13.2 Å². The monoisotopic (exact) mass is 267 g/mol. The molecule has 0 aromatic rings. The minimum absolute atomic E-state index is 0.132. The average Bonchev–Trinajstić information content (AvgIpc) is 2.27. The minimum Gasteiger partial charge on any atom is -0.346 e. The maximum atomic E-state index is 12.0. The first-order valence-electron chi connectivity index (χ1n) is 6.04. The highest BCUT2D eigenvalue weighted by molar-refractivity contribution is 5.81. The van der Waals surface area contributed by atoms with Gasteiger partial charge in [0.15, 0.2) is 0 Å². The summed E-state index contributed by atoms with van der Waals surface area (Å²) in [7, 11) is 0. The minimum atomic E-state index is -4.36. The first-order chi connectivity index (χ1) is 8.20.